The molecule has 0 aliphatic carbocycles. The highest BCUT2D eigenvalue weighted by molar-refractivity contribution is 7.88. The smallest absolute Gasteiger partial charge is 0.335 e. The van der Waals surface area contributed by atoms with Crippen molar-refractivity contribution in [2.75, 3.05) is 0 Å². The molecule has 0 aliphatic rings. The van der Waals surface area contributed by atoms with Gasteiger partial charge in [0.2, 0.25) is 10.0 Å². The maximum absolute atomic E-state index is 12.0. The molecule has 0 amide bonds. The Hall–Kier alpha value is -1.40. The van der Waals surface area contributed by atoms with Gasteiger partial charge in [0.25, 0.3) is 0 Å². The normalized spacial score (nSPS) is 13.1. The van der Waals surface area contributed by atoms with Gasteiger partial charge in [-0.25, -0.2) is 17.9 Å². The molecule has 1 aromatic rings. The summed E-state index contributed by atoms with van der Waals surface area (Å²) in [5.41, 5.74) is 0.727. The number of nitrogens with one attached hydrogen (secondary N) is 1. The summed E-state index contributed by atoms with van der Waals surface area (Å²) in [6.07, 6.45) is 2.49. The maximum Gasteiger partial charge on any atom is 0.335 e. The summed E-state index contributed by atoms with van der Waals surface area (Å²) in [5.74, 6) is -1.15. The van der Waals surface area contributed by atoms with Crippen molar-refractivity contribution in [2.45, 2.75) is 44.9 Å². The number of rotatable bonds is 8. The first kappa shape index (κ1) is 16.7. The molecule has 0 aliphatic heterocycles. The van der Waals surface area contributed by atoms with E-state index >= 15 is 0 Å². The van der Waals surface area contributed by atoms with E-state index < -0.39 is 16.0 Å². The van der Waals surface area contributed by atoms with Crippen LogP contribution in [0.5, 0.6) is 0 Å². The highest BCUT2D eigenvalue weighted by atomic mass is 32.2. The second-order valence-corrected chi connectivity index (χ2v) is 6.53. The first-order chi connectivity index (χ1) is 9.38. The Balaban J connectivity index is 2.72. The second kappa shape index (κ2) is 7.40. The van der Waals surface area contributed by atoms with Crippen LogP contribution in [0.1, 0.15) is 49.0 Å². The summed E-state index contributed by atoms with van der Waals surface area (Å²) in [7, 11) is -3.40. The first-order valence-corrected chi connectivity index (χ1v) is 8.35. The summed E-state index contributed by atoms with van der Waals surface area (Å²) in [6, 6.07) is 5.85. The van der Waals surface area contributed by atoms with Gasteiger partial charge >= 0.3 is 5.97 Å². The van der Waals surface area contributed by atoms with Crippen LogP contribution in [0.25, 0.3) is 0 Å². The molecule has 0 spiro atoms. The summed E-state index contributed by atoms with van der Waals surface area (Å²) >= 11 is 0. The molecule has 0 radical (unpaired) electrons. The maximum atomic E-state index is 12.0. The van der Waals surface area contributed by atoms with Crippen LogP contribution < -0.4 is 4.72 Å². The van der Waals surface area contributed by atoms with Crippen LogP contribution in [0, 0.1) is 0 Å². The number of hydrogen-bond donors (Lipinski definition) is 2. The predicted molar refractivity (Wildman–Crippen MR) is 78.1 cm³/mol. The molecule has 5 nitrogen and oxygen atoms in total. The van der Waals surface area contributed by atoms with E-state index in [2.05, 4.69) is 4.72 Å². The number of aromatic carboxylic acids is 1. The Morgan fingerprint density at radius 3 is 2.30 bits per heavy atom. The Labute approximate surface area is 120 Å². The van der Waals surface area contributed by atoms with Crippen LogP contribution in [0.2, 0.25) is 0 Å². The molecule has 1 aromatic carbocycles. The van der Waals surface area contributed by atoms with Crippen molar-refractivity contribution in [3.8, 4) is 0 Å². The summed E-state index contributed by atoms with van der Waals surface area (Å²) in [6.45, 7) is 3.96. The van der Waals surface area contributed by atoms with Crippen LogP contribution >= 0.6 is 0 Å². The van der Waals surface area contributed by atoms with Crippen molar-refractivity contribution < 1.29 is 18.3 Å². The van der Waals surface area contributed by atoms with E-state index in [1.807, 2.05) is 13.8 Å². The topological polar surface area (TPSA) is 83.5 Å². The van der Waals surface area contributed by atoms with Crippen LogP contribution in [0.3, 0.4) is 0 Å². The van der Waals surface area contributed by atoms with Crippen molar-refractivity contribution in [3.63, 3.8) is 0 Å². The van der Waals surface area contributed by atoms with Gasteiger partial charge in [-0.3, -0.25) is 0 Å². The Morgan fingerprint density at radius 2 is 1.85 bits per heavy atom. The van der Waals surface area contributed by atoms with Gasteiger partial charge in [-0.15, -0.1) is 0 Å². The van der Waals surface area contributed by atoms with Crippen LogP contribution in [0.4, 0.5) is 0 Å². The SMILES string of the molecule is CCCC(CC)NS(=O)(=O)Cc1ccc(C(=O)O)cc1. The number of sulfonamides is 1. The van der Waals surface area contributed by atoms with E-state index in [1.165, 1.54) is 24.3 Å². The Kier molecular flexibility index (Phi) is 6.16. The lowest BCUT2D eigenvalue weighted by Gasteiger charge is -2.16. The molecule has 1 rings (SSSR count). The average Bonchev–Trinajstić information content (AvgIpc) is 2.38. The molecular weight excluding hydrogens is 278 g/mol. The number of carbonyl (C=O) groups is 1. The van der Waals surface area contributed by atoms with Gasteiger partial charge in [-0.2, -0.15) is 0 Å². The van der Waals surface area contributed by atoms with Gasteiger partial charge in [-0.1, -0.05) is 32.4 Å². The zero-order valence-corrected chi connectivity index (χ0v) is 12.6. The fraction of sp³-hybridized carbons (Fsp3) is 0.500. The molecule has 0 bridgehead atoms. The number of hydrogen-bond acceptors (Lipinski definition) is 3. The fourth-order valence-corrected chi connectivity index (χ4v) is 3.46. The largest absolute Gasteiger partial charge is 0.478 e. The van der Waals surface area contributed by atoms with Crippen molar-refractivity contribution in [1.82, 2.24) is 4.72 Å². The number of benzene rings is 1. The molecule has 0 saturated heterocycles. The molecule has 1 unspecified atom stereocenters. The highest BCUT2D eigenvalue weighted by Crippen LogP contribution is 2.10. The number of carboxylic acid groups (broad SMARTS) is 1. The van der Waals surface area contributed by atoms with E-state index in [0.717, 1.165) is 19.3 Å². The molecule has 20 heavy (non-hydrogen) atoms. The standard InChI is InChI=1S/C14H21NO4S/c1-3-5-13(4-2)15-20(18,19)10-11-6-8-12(9-7-11)14(16)17/h6-9,13,15H,3-5,10H2,1-2H3,(H,16,17). The monoisotopic (exact) mass is 299 g/mol. The number of carboxylic acids is 1. The molecule has 0 saturated carbocycles. The van der Waals surface area contributed by atoms with Gasteiger partial charge in [0.05, 0.1) is 11.3 Å². The molecule has 1 atom stereocenters. The van der Waals surface area contributed by atoms with Gasteiger partial charge in [-0.05, 0) is 30.5 Å². The molecule has 6 heteroatoms. The minimum atomic E-state index is -3.40. The average molecular weight is 299 g/mol. The van der Waals surface area contributed by atoms with E-state index in [0.29, 0.717) is 5.56 Å². The quantitative estimate of drug-likeness (QED) is 0.772. The van der Waals surface area contributed by atoms with Crippen LogP contribution in [-0.2, 0) is 15.8 Å². The van der Waals surface area contributed by atoms with E-state index in [9.17, 15) is 13.2 Å². The van der Waals surface area contributed by atoms with Gasteiger partial charge in [0, 0.05) is 6.04 Å². The zero-order chi connectivity index (χ0) is 15.2. The van der Waals surface area contributed by atoms with E-state index in [1.54, 1.807) is 0 Å². The summed E-state index contributed by atoms with van der Waals surface area (Å²) in [4.78, 5) is 10.7. The van der Waals surface area contributed by atoms with Gasteiger partial charge < -0.3 is 5.11 Å². The third-order valence-electron chi connectivity index (χ3n) is 3.03. The first-order valence-electron chi connectivity index (χ1n) is 6.70. The molecule has 0 fully saturated rings. The Morgan fingerprint density at radius 1 is 1.25 bits per heavy atom. The Bertz CT molecular complexity index is 537. The van der Waals surface area contributed by atoms with Crippen molar-refractivity contribution in [3.05, 3.63) is 35.4 Å². The van der Waals surface area contributed by atoms with Gasteiger partial charge in [0.1, 0.15) is 0 Å². The molecular formula is C14H21NO4S. The lowest BCUT2D eigenvalue weighted by molar-refractivity contribution is 0.0697. The lowest BCUT2D eigenvalue weighted by atomic mass is 10.1. The van der Waals surface area contributed by atoms with E-state index in [-0.39, 0.29) is 17.4 Å². The predicted octanol–water partition coefficient (Wildman–Crippen LogP) is 2.38. The van der Waals surface area contributed by atoms with Crippen molar-refractivity contribution in [1.29, 1.82) is 0 Å². The fourth-order valence-electron chi connectivity index (χ4n) is 1.95. The van der Waals surface area contributed by atoms with Gasteiger partial charge in [0.15, 0.2) is 0 Å². The third kappa shape index (κ3) is 5.30. The highest BCUT2D eigenvalue weighted by Gasteiger charge is 2.16. The minimum absolute atomic E-state index is 0.0386. The second-order valence-electron chi connectivity index (χ2n) is 4.77. The van der Waals surface area contributed by atoms with Crippen molar-refractivity contribution >= 4 is 16.0 Å². The molecule has 0 aromatic heterocycles. The molecule has 2 N–H and O–H groups in total. The minimum Gasteiger partial charge on any atom is -0.478 e. The van der Waals surface area contributed by atoms with E-state index in [4.69, 9.17) is 5.11 Å². The van der Waals surface area contributed by atoms with Crippen molar-refractivity contribution in [2.24, 2.45) is 0 Å². The lowest BCUT2D eigenvalue weighted by Crippen LogP contribution is -2.35. The summed E-state index contributed by atoms with van der Waals surface area (Å²) in [5, 5.41) is 8.79. The molecule has 112 valence electrons. The van der Waals surface area contributed by atoms with Crippen LogP contribution in [0.15, 0.2) is 24.3 Å². The summed E-state index contributed by atoms with van der Waals surface area (Å²) < 4.78 is 26.8. The zero-order valence-electron chi connectivity index (χ0n) is 11.8. The van der Waals surface area contributed by atoms with Crippen LogP contribution in [-0.4, -0.2) is 25.5 Å². The molecule has 0 heterocycles. The third-order valence-corrected chi connectivity index (χ3v) is 4.44.